The molecule has 0 radical (unpaired) electrons. The number of alkyl halides is 2. The van der Waals surface area contributed by atoms with Crippen LogP contribution in [0.25, 0.3) is 6.08 Å². The van der Waals surface area contributed by atoms with Gasteiger partial charge >= 0.3 is 0 Å². The third-order valence-electron chi connectivity index (χ3n) is 4.51. The normalized spacial score (nSPS) is 18.2. The van der Waals surface area contributed by atoms with E-state index in [0.29, 0.717) is 5.82 Å². The first kappa shape index (κ1) is 19.6. The number of nitrogens with one attached hydrogen (secondary N) is 1. The Kier molecular flexibility index (Phi) is 5.71. The van der Waals surface area contributed by atoms with Crippen LogP contribution in [0, 0.1) is 6.92 Å². The summed E-state index contributed by atoms with van der Waals surface area (Å²) in [5, 5.41) is 4.87. The Morgan fingerprint density at radius 3 is 2.59 bits per heavy atom. The van der Waals surface area contributed by atoms with Gasteiger partial charge in [0.2, 0.25) is 21.8 Å². The first-order valence-electron chi connectivity index (χ1n) is 8.67. The molecule has 0 saturated heterocycles. The zero-order valence-electron chi connectivity index (χ0n) is 14.9. The Morgan fingerprint density at radius 1 is 1.26 bits per heavy atom. The van der Waals surface area contributed by atoms with Crippen molar-refractivity contribution in [3.8, 4) is 0 Å². The lowest BCUT2D eigenvalue weighted by Gasteiger charge is -2.26. The molecular formula is C18H21F2N3O3S. The van der Waals surface area contributed by atoms with E-state index in [0.717, 1.165) is 16.5 Å². The van der Waals surface area contributed by atoms with Crippen molar-refractivity contribution in [1.82, 2.24) is 14.9 Å². The van der Waals surface area contributed by atoms with E-state index >= 15 is 0 Å². The van der Waals surface area contributed by atoms with E-state index in [4.69, 9.17) is 4.52 Å². The number of benzene rings is 1. The fraction of sp³-hybridized carbons (Fsp3) is 0.444. The quantitative estimate of drug-likeness (QED) is 0.802. The second-order valence-electron chi connectivity index (χ2n) is 6.76. The van der Waals surface area contributed by atoms with Gasteiger partial charge in [-0.05, 0) is 31.4 Å². The number of hydrogen-bond donors (Lipinski definition) is 1. The molecule has 0 spiro atoms. The number of sulfonamides is 1. The van der Waals surface area contributed by atoms with Crippen LogP contribution in [0.5, 0.6) is 0 Å². The third kappa shape index (κ3) is 5.67. The average Bonchev–Trinajstić information content (AvgIpc) is 3.09. The van der Waals surface area contributed by atoms with Crippen LogP contribution in [-0.4, -0.2) is 24.5 Å². The molecule has 1 saturated carbocycles. The van der Waals surface area contributed by atoms with E-state index in [1.165, 1.54) is 6.08 Å². The van der Waals surface area contributed by atoms with Crippen LogP contribution in [0.3, 0.4) is 0 Å². The van der Waals surface area contributed by atoms with Crippen molar-refractivity contribution in [3.63, 3.8) is 0 Å². The van der Waals surface area contributed by atoms with E-state index in [2.05, 4.69) is 14.9 Å². The fourth-order valence-corrected chi connectivity index (χ4v) is 3.62. The Balaban J connectivity index is 1.55. The Morgan fingerprint density at radius 2 is 1.93 bits per heavy atom. The zero-order chi connectivity index (χ0) is 19.5. The van der Waals surface area contributed by atoms with Gasteiger partial charge in [0.25, 0.3) is 0 Å². The maximum absolute atomic E-state index is 13.2. The van der Waals surface area contributed by atoms with Crippen molar-refractivity contribution in [3.05, 3.63) is 52.5 Å². The molecule has 1 N–H and O–H groups in total. The number of nitrogens with zero attached hydrogens (tertiary/aromatic N) is 2. The molecule has 2 aromatic rings. The van der Waals surface area contributed by atoms with Crippen LogP contribution in [0.4, 0.5) is 8.78 Å². The van der Waals surface area contributed by atoms with Crippen molar-refractivity contribution in [1.29, 1.82) is 0 Å². The molecule has 0 aliphatic heterocycles. The van der Waals surface area contributed by atoms with Crippen molar-refractivity contribution in [2.24, 2.45) is 0 Å². The van der Waals surface area contributed by atoms with Crippen LogP contribution in [0.2, 0.25) is 0 Å². The molecule has 146 valence electrons. The maximum atomic E-state index is 13.2. The Labute approximate surface area is 156 Å². The topological polar surface area (TPSA) is 85.1 Å². The number of aryl methyl sites for hydroxylation is 1. The van der Waals surface area contributed by atoms with Crippen molar-refractivity contribution in [2.45, 2.75) is 51.0 Å². The summed E-state index contributed by atoms with van der Waals surface area (Å²) in [6.45, 7) is 1.79. The van der Waals surface area contributed by atoms with Gasteiger partial charge in [0.1, 0.15) is 0 Å². The van der Waals surface area contributed by atoms with E-state index < -0.39 is 15.9 Å². The smallest absolute Gasteiger partial charge is 0.248 e. The highest BCUT2D eigenvalue weighted by Gasteiger charge is 2.36. The summed E-state index contributed by atoms with van der Waals surface area (Å²) in [7, 11) is -3.68. The Bertz CT molecular complexity index is 898. The van der Waals surface area contributed by atoms with Gasteiger partial charge in [-0.1, -0.05) is 35.0 Å². The molecule has 1 aromatic carbocycles. The molecule has 0 unspecified atom stereocenters. The van der Waals surface area contributed by atoms with Gasteiger partial charge in [-0.25, -0.2) is 21.9 Å². The summed E-state index contributed by atoms with van der Waals surface area (Å²) in [6, 6.07) is 7.42. The van der Waals surface area contributed by atoms with Crippen molar-refractivity contribution in [2.75, 3.05) is 0 Å². The molecule has 0 atom stereocenters. The first-order chi connectivity index (χ1) is 12.7. The van der Waals surface area contributed by atoms with Crippen LogP contribution in [0.1, 0.15) is 54.4 Å². The van der Waals surface area contributed by atoms with Gasteiger partial charge in [-0.2, -0.15) is 4.98 Å². The highest BCUT2D eigenvalue weighted by molar-refractivity contribution is 7.92. The van der Waals surface area contributed by atoms with Gasteiger partial charge in [-0.15, -0.1) is 0 Å². The number of aromatic nitrogens is 2. The molecule has 1 fully saturated rings. The first-order valence-corrected chi connectivity index (χ1v) is 10.2. The fourth-order valence-electron chi connectivity index (χ4n) is 2.86. The molecular weight excluding hydrogens is 376 g/mol. The maximum Gasteiger partial charge on any atom is 0.248 e. The molecule has 9 heteroatoms. The molecule has 0 amide bonds. The SMILES string of the molecule is Cc1ccc(/C=C/S(=O)(=O)NCc2nc(C3CCC(F)(F)CC3)no2)cc1. The van der Waals surface area contributed by atoms with Crippen molar-refractivity contribution < 1.29 is 21.7 Å². The van der Waals surface area contributed by atoms with Gasteiger partial charge < -0.3 is 4.52 Å². The predicted molar refractivity (Wildman–Crippen MR) is 96.4 cm³/mol. The van der Waals surface area contributed by atoms with Gasteiger partial charge in [0.15, 0.2) is 5.82 Å². The largest absolute Gasteiger partial charge is 0.338 e. The lowest BCUT2D eigenvalue weighted by atomic mass is 9.86. The lowest BCUT2D eigenvalue weighted by Crippen LogP contribution is -2.24. The Hall–Kier alpha value is -2.13. The second-order valence-corrected chi connectivity index (χ2v) is 8.41. The average molecular weight is 397 g/mol. The molecule has 6 nitrogen and oxygen atoms in total. The molecule has 27 heavy (non-hydrogen) atoms. The summed E-state index contributed by atoms with van der Waals surface area (Å²) < 4.78 is 57.9. The van der Waals surface area contributed by atoms with Crippen LogP contribution >= 0.6 is 0 Å². The van der Waals surface area contributed by atoms with Crippen LogP contribution < -0.4 is 4.72 Å². The molecule has 3 rings (SSSR count). The number of hydrogen-bond acceptors (Lipinski definition) is 5. The minimum Gasteiger partial charge on any atom is -0.338 e. The highest BCUT2D eigenvalue weighted by atomic mass is 32.2. The molecule has 0 bridgehead atoms. The van der Waals surface area contributed by atoms with Crippen molar-refractivity contribution >= 4 is 16.1 Å². The summed E-state index contributed by atoms with van der Waals surface area (Å²) >= 11 is 0. The third-order valence-corrected chi connectivity index (χ3v) is 5.55. The van der Waals surface area contributed by atoms with Crippen LogP contribution in [-0.2, 0) is 16.6 Å². The van der Waals surface area contributed by atoms with Crippen LogP contribution in [0.15, 0.2) is 34.2 Å². The molecule has 1 heterocycles. The van der Waals surface area contributed by atoms with E-state index in [-0.39, 0.29) is 44.0 Å². The molecule has 1 aromatic heterocycles. The monoisotopic (exact) mass is 397 g/mol. The summed E-state index contributed by atoms with van der Waals surface area (Å²) in [4.78, 5) is 4.14. The van der Waals surface area contributed by atoms with E-state index in [9.17, 15) is 17.2 Å². The van der Waals surface area contributed by atoms with Gasteiger partial charge in [-0.3, -0.25) is 0 Å². The summed E-state index contributed by atoms with van der Waals surface area (Å²) in [6.07, 6.45) is 1.67. The highest BCUT2D eigenvalue weighted by Crippen LogP contribution is 2.39. The molecule has 1 aliphatic rings. The summed E-state index contributed by atoms with van der Waals surface area (Å²) in [5.74, 6) is -2.34. The van der Waals surface area contributed by atoms with E-state index in [1.807, 2.05) is 31.2 Å². The second kappa shape index (κ2) is 7.85. The molecule has 1 aliphatic carbocycles. The standard InChI is InChI=1S/C18H21F2N3O3S/c1-13-2-4-14(5-3-13)8-11-27(24,25)21-12-16-22-17(23-26-16)15-6-9-18(19,20)10-7-15/h2-5,8,11,15,21H,6-7,9-10,12H2,1H3/b11-8+. The zero-order valence-corrected chi connectivity index (χ0v) is 15.7. The van der Waals surface area contributed by atoms with Gasteiger partial charge in [0, 0.05) is 24.2 Å². The minimum atomic E-state index is -3.68. The number of halogens is 2. The predicted octanol–water partition coefficient (Wildman–Crippen LogP) is 3.76. The lowest BCUT2D eigenvalue weighted by molar-refractivity contribution is -0.0389. The van der Waals surface area contributed by atoms with E-state index in [1.54, 1.807) is 0 Å². The summed E-state index contributed by atoms with van der Waals surface area (Å²) in [5.41, 5.74) is 1.85. The minimum absolute atomic E-state index is 0.106. The number of rotatable bonds is 6. The van der Waals surface area contributed by atoms with Gasteiger partial charge in [0.05, 0.1) is 6.54 Å².